The van der Waals surface area contributed by atoms with Crippen molar-refractivity contribution in [3.8, 4) is 11.1 Å². The van der Waals surface area contributed by atoms with E-state index in [1.54, 1.807) is 0 Å². The Morgan fingerprint density at radius 2 is 1.96 bits per heavy atom. The molecule has 124 valence electrons. The average Bonchev–Trinajstić information content (AvgIpc) is 2.57. The topological polar surface area (TPSA) is 45.2 Å². The number of anilines is 1. The second-order valence-corrected chi connectivity index (χ2v) is 7.09. The molecule has 2 bridgehead atoms. The zero-order valence-corrected chi connectivity index (χ0v) is 14.2. The average molecular weight is 321 g/mol. The fraction of sp³-hybridized carbons (Fsp3) is 0.400. The third-order valence-corrected chi connectivity index (χ3v) is 5.31. The summed E-state index contributed by atoms with van der Waals surface area (Å²) < 4.78 is 0. The van der Waals surface area contributed by atoms with E-state index in [1.807, 2.05) is 30.3 Å². The van der Waals surface area contributed by atoms with Gasteiger partial charge in [0.1, 0.15) is 0 Å². The molecular weight excluding hydrogens is 298 g/mol. The maximum Gasteiger partial charge on any atom is 0.322 e. The lowest BCUT2D eigenvalue weighted by molar-refractivity contribution is 0.0173. The summed E-state index contributed by atoms with van der Waals surface area (Å²) in [5.41, 5.74) is 5.38. The number of piperidine rings is 1. The van der Waals surface area contributed by atoms with E-state index < -0.39 is 0 Å². The summed E-state index contributed by atoms with van der Waals surface area (Å²) in [6, 6.07) is 9.18. The summed E-state index contributed by atoms with van der Waals surface area (Å²) in [5, 5.41) is 3.09. The predicted molar refractivity (Wildman–Crippen MR) is 96.0 cm³/mol. The van der Waals surface area contributed by atoms with Crippen LogP contribution in [0.3, 0.4) is 0 Å². The summed E-state index contributed by atoms with van der Waals surface area (Å²) >= 11 is 0. The molecule has 2 unspecified atom stereocenters. The molecule has 2 atom stereocenters. The maximum atomic E-state index is 12.6. The minimum absolute atomic E-state index is 0.0492. The Labute approximate surface area is 142 Å². The van der Waals surface area contributed by atoms with Crippen molar-refractivity contribution in [2.24, 2.45) is 0 Å². The summed E-state index contributed by atoms with van der Waals surface area (Å²) in [6.07, 6.45) is 8.47. The Kier molecular flexibility index (Phi) is 3.75. The van der Waals surface area contributed by atoms with Crippen LogP contribution in [0.5, 0.6) is 0 Å². The number of pyridine rings is 1. The van der Waals surface area contributed by atoms with Gasteiger partial charge in [0, 0.05) is 35.7 Å². The molecule has 2 fully saturated rings. The summed E-state index contributed by atoms with van der Waals surface area (Å²) in [7, 11) is 0. The van der Waals surface area contributed by atoms with Crippen molar-refractivity contribution in [2.75, 3.05) is 5.32 Å². The standard InChI is InChI=1S/C20H23N3O/c1-13-8-15(12-21-11-13)19-9-16(7-6-14(19)2)22-20(24)23-17-4-3-5-18(23)10-17/h6-9,11-12,17-18H,3-5,10H2,1-2H3,(H,22,24). The van der Waals surface area contributed by atoms with Gasteiger partial charge < -0.3 is 10.2 Å². The Balaban J connectivity index is 1.56. The maximum absolute atomic E-state index is 12.6. The molecule has 1 aromatic carbocycles. The van der Waals surface area contributed by atoms with Gasteiger partial charge in [-0.25, -0.2) is 4.79 Å². The van der Waals surface area contributed by atoms with E-state index in [-0.39, 0.29) is 6.03 Å². The van der Waals surface area contributed by atoms with E-state index in [0.29, 0.717) is 12.1 Å². The molecule has 4 nitrogen and oxygen atoms in total. The first-order valence-electron chi connectivity index (χ1n) is 8.74. The van der Waals surface area contributed by atoms with Crippen LogP contribution >= 0.6 is 0 Å². The number of rotatable bonds is 2. The Hall–Kier alpha value is -2.36. The molecule has 2 aliphatic rings. The molecular formula is C20H23N3O. The Morgan fingerprint density at radius 1 is 1.17 bits per heavy atom. The first-order valence-corrected chi connectivity index (χ1v) is 8.74. The number of hydrogen-bond acceptors (Lipinski definition) is 2. The van der Waals surface area contributed by atoms with E-state index in [1.165, 1.54) is 18.4 Å². The first-order chi connectivity index (χ1) is 11.6. The monoisotopic (exact) mass is 321 g/mol. The Morgan fingerprint density at radius 3 is 2.67 bits per heavy atom. The molecule has 0 saturated carbocycles. The number of fused-ring (bicyclic) bond motifs is 2. The number of nitrogens with one attached hydrogen (secondary N) is 1. The number of aromatic nitrogens is 1. The molecule has 0 radical (unpaired) electrons. The molecule has 24 heavy (non-hydrogen) atoms. The molecule has 0 spiro atoms. The van der Waals surface area contributed by atoms with Gasteiger partial charge in [-0.1, -0.05) is 6.07 Å². The highest BCUT2D eigenvalue weighted by molar-refractivity contribution is 5.91. The van der Waals surface area contributed by atoms with Gasteiger partial charge in [0.15, 0.2) is 0 Å². The fourth-order valence-corrected chi connectivity index (χ4v) is 4.04. The second kappa shape index (κ2) is 5.93. The number of nitrogens with zero attached hydrogens (tertiary/aromatic N) is 2. The third kappa shape index (κ3) is 2.66. The molecule has 2 saturated heterocycles. The zero-order valence-electron chi connectivity index (χ0n) is 14.2. The minimum Gasteiger partial charge on any atom is -0.318 e. The zero-order chi connectivity index (χ0) is 16.7. The normalized spacial score (nSPS) is 22.0. The van der Waals surface area contributed by atoms with Gasteiger partial charge in [-0.15, -0.1) is 0 Å². The highest BCUT2D eigenvalue weighted by Crippen LogP contribution is 2.38. The van der Waals surface area contributed by atoms with Crippen LogP contribution in [0.4, 0.5) is 10.5 Å². The number of carbonyl (C=O) groups excluding carboxylic acids is 1. The molecule has 1 N–H and O–H groups in total. The van der Waals surface area contributed by atoms with Crippen LogP contribution in [0.25, 0.3) is 11.1 Å². The van der Waals surface area contributed by atoms with Gasteiger partial charge in [0.05, 0.1) is 0 Å². The molecule has 4 heteroatoms. The van der Waals surface area contributed by atoms with Gasteiger partial charge >= 0.3 is 6.03 Å². The van der Waals surface area contributed by atoms with Crippen molar-refractivity contribution in [1.29, 1.82) is 0 Å². The van der Waals surface area contributed by atoms with Crippen LogP contribution in [-0.4, -0.2) is 28.0 Å². The van der Waals surface area contributed by atoms with Gasteiger partial charge in [-0.2, -0.15) is 0 Å². The number of amides is 2. The van der Waals surface area contributed by atoms with E-state index in [4.69, 9.17) is 0 Å². The van der Waals surface area contributed by atoms with Crippen LogP contribution in [-0.2, 0) is 0 Å². The lowest BCUT2D eigenvalue weighted by atomic mass is 9.80. The number of carbonyl (C=O) groups is 1. The highest BCUT2D eigenvalue weighted by atomic mass is 16.2. The second-order valence-electron chi connectivity index (χ2n) is 7.09. The molecule has 1 aromatic heterocycles. The van der Waals surface area contributed by atoms with Crippen LogP contribution in [0.15, 0.2) is 36.7 Å². The summed E-state index contributed by atoms with van der Waals surface area (Å²) in [4.78, 5) is 18.9. The van der Waals surface area contributed by atoms with Crippen molar-refractivity contribution in [1.82, 2.24) is 9.88 Å². The summed E-state index contributed by atoms with van der Waals surface area (Å²) in [5.74, 6) is 0. The van der Waals surface area contributed by atoms with Crippen molar-refractivity contribution in [3.05, 3.63) is 47.8 Å². The van der Waals surface area contributed by atoms with Gasteiger partial charge in [0.25, 0.3) is 0 Å². The smallest absolute Gasteiger partial charge is 0.318 e. The van der Waals surface area contributed by atoms with Gasteiger partial charge in [-0.05, 0) is 74.4 Å². The van der Waals surface area contributed by atoms with Crippen molar-refractivity contribution in [2.45, 2.75) is 51.6 Å². The van der Waals surface area contributed by atoms with Crippen molar-refractivity contribution in [3.63, 3.8) is 0 Å². The molecule has 2 aromatic rings. The van der Waals surface area contributed by atoms with Crippen LogP contribution in [0.2, 0.25) is 0 Å². The van der Waals surface area contributed by atoms with E-state index >= 15 is 0 Å². The van der Waals surface area contributed by atoms with E-state index in [2.05, 4.69) is 35.4 Å². The number of benzene rings is 1. The van der Waals surface area contributed by atoms with E-state index in [0.717, 1.165) is 35.2 Å². The minimum atomic E-state index is 0.0492. The first kappa shape index (κ1) is 15.2. The molecule has 3 heterocycles. The predicted octanol–water partition coefficient (Wildman–Crippen LogP) is 4.52. The number of hydrogen-bond donors (Lipinski definition) is 1. The number of aryl methyl sites for hydroxylation is 2. The van der Waals surface area contributed by atoms with Gasteiger partial charge in [-0.3, -0.25) is 4.98 Å². The molecule has 4 rings (SSSR count). The van der Waals surface area contributed by atoms with Crippen molar-refractivity contribution < 1.29 is 4.79 Å². The lowest BCUT2D eigenvalue weighted by Crippen LogP contribution is -2.62. The van der Waals surface area contributed by atoms with Crippen LogP contribution in [0, 0.1) is 13.8 Å². The lowest BCUT2D eigenvalue weighted by Gasteiger charge is -2.52. The van der Waals surface area contributed by atoms with Crippen molar-refractivity contribution >= 4 is 11.7 Å². The van der Waals surface area contributed by atoms with E-state index in [9.17, 15) is 4.79 Å². The molecule has 0 aliphatic carbocycles. The number of urea groups is 1. The SMILES string of the molecule is Cc1cncc(-c2cc(NC(=O)N3C4CCCC3C4)ccc2C)c1. The quantitative estimate of drug-likeness (QED) is 0.883. The largest absolute Gasteiger partial charge is 0.322 e. The fourth-order valence-electron chi connectivity index (χ4n) is 4.04. The molecule has 2 aliphatic heterocycles. The highest BCUT2D eigenvalue weighted by Gasteiger charge is 2.44. The summed E-state index contributed by atoms with van der Waals surface area (Å²) in [6.45, 7) is 4.13. The Bertz CT molecular complexity index is 772. The third-order valence-electron chi connectivity index (χ3n) is 5.31. The van der Waals surface area contributed by atoms with Crippen LogP contribution < -0.4 is 5.32 Å². The molecule has 2 amide bonds. The van der Waals surface area contributed by atoms with Gasteiger partial charge in [0.2, 0.25) is 0 Å². The van der Waals surface area contributed by atoms with Crippen LogP contribution in [0.1, 0.15) is 36.8 Å².